The quantitative estimate of drug-likeness (QED) is 0.736. The van der Waals surface area contributed by atoms with Crippen LogP contribution in [0.2, 0.25) is 0 Å². The van der Waals surface area contributed by atoms with E-state index in [1.165, 1.54) is 11.3 Å². The van der Waals surface area contributed by atoms with Crippen molar-refractivity contribution >= 4 is 17.2 Å². The van der Waals surface area contributed by atoms with Crippen molar-refractivity contribution in [2.45, 2.75) is 18.9 Å². The third-order valence-electron chi connectivity index (χ3n) is 4.24. The molecular weight excluding hydrogens is 322 g/mol. The molecule has 7 heteroatoms. The van der Waals surface area contributed by atoms with E-state index in [1.807, 2.05) is 41.0 Å². The van der Waals surface area contributed by atoms with E-state index >= 15 is 0 Å². The highest BCUT2D eigenvalue weighted by Crippen LogP contribution is 2.25. The van der Waals surface area contributed by atoms with E-state index in [4.69, 9.17) is 0 Å². The number of hydrogen-bond donors (Lipinski definition) is 0. The van der Waals surface area contributed by atoms with Gasteiger partial charge >= 0.3 is 0 Å². The number of hydrogen-bond acceptors (Lipinski definition) is 5. The first-order chi connectivity index (χ1) is 11.8. The summed E-state index contributed by atoms with van der Waals surface area (Å²) in [6.45, 7) is 1.48. The van der Waals surface area contributed by atoms with E-state index in [9.17, 15) is 4.79 Å². The fourth-order valence-corrected chi connectivity index (χ4v) is 3.78. The highest BCUT2D eigenvalue weighted by atomic mass is 32.1. The Morgan fingerprint density at radius 3 is 3.04 bits per heavy atom. The molecule has 0 radical (unpaired) electrons. The summed E-state index contributed by atoms with van der Waals surface area (Å²) >= 11 is 1.46. The molecule has 0 aromatic carbocycles. The number of pyridine rings is 1. The Hall–Kier alpha value is -2.54. The molecule has 6 nitrogen and oxygen atoms in total. The van der Waals surface area contributed by atoms with Crippen LogP contribution in [0.3, 0.4) is 0 Å². The molecule has 0 aliphatic carbocycles. The molecule has 3 aromatic rings. The normalized spacial score (nSPS) is 17.8. The van der Waals surface area contributed by atoms with Crippen molar-refractivity contribution in [2.24, 2.45) is 0 Å². The smallest absolute Gasteiger partial charge is 0.273 e. The van der Waals surface area contributed by atoms with Gasteiger partial charge in [-0.25, -0.2) is 9.97 Å². The third-order valence-corrected chi connectivity index (χ3v) is 5.10. The molecule has 3 aromatic heterocycles. The minimum Gasteiger partial charge on any atom is -0.335 e. The van der Waals surface area contributed by atoms with E-state index in [1.54, 1.807) is 12.4 Å². The molecule has 1 atom stereocenters. The number of nitrogens with zero attached hydrogens (tertiary/aromatic N) is 5. The molecule has 1 fully saturated rings. The molecule has 0 N–H and O–H groups in total. The Kier molecular flexibility index (Phi) is 4.08. The summed E-state index contributed by atoms with van der Waals surface area (Å²) < 4.78 is 2.08. The van der Waals surface area contributed by atoms with E-state index in [0.29, 0.717) is 18.3 Å². The van der Waals surface area contributed by atoms with Crippen molar-refractivity contribution in [1.82, 2.24) is 24.4 Å². The van der Waals surface area contributed by atoms with Crippen molar-refractivity contribution in [3.63, 3.8) is 0 Å². The van der Waals surface area contributed by atoms with E-state index in [2.05, 4.69) is 19.5 Å². The van der Waals surface area contributed by atoms with Gasteiger partial charge in [0.25, 0.3) is 5.91 Å². The van der Waals surface area contributed by atoms with E-state index in [-0.39, 0.29) is 5.91 Å². The number of piperidine rings is 1. The highest BCUT2D eigenvalue weighted by molar-refractivity contribution is 7.13. The summed E-state index contributed by atoms with van der Waals surface area (Å²) in [5.74, 6) is -0.00162. The number of likely N-dealkylation sites (tertiary alicyclic amines) is 1. The van der Waals surface area contributed by atoms with Gasteiger partial charge in [-0.1, -0.05) is 6.07 Å². The number of aromatic nitrogens is 4. The lowest BCUT2D eigenvalue weighted by Gasteiger charge is -2.32. The lowest BCUT2D eigenvalue weighted by atomic mass is 10.1. The summed E-state index contributed by atoms with van der Waals surface area (Å²) in [6.07, 6.45) is 9.35. The van der Waals surface area contributed by atoms with Crippen molar-refractivity contribution in [3.05, 3.63) is 54.2 Å². The van der Waals surface area contributed by atoms with Gasteiger partial charge in [0, 0.05) is 37.1 Å². The largest absolute Gasteiger partial charge is 0.335 e. The first-order valence-corrected chi connectivity index (χ1v) is 8.83. The molecule has 0 bridgehead atoms. The van der Waals surface area contributed by atoms with Gasteiger partial charge < -0.3 is 9.47 Å². The fraction of sp³-hybridized carbons (Fsp3) is 0.294. The predicted molar refractivity (Wildman–Crippen MR) is 91.7 cm³/mol. The average Bonchev–Trinajstić information content (AvgIpc) is 3.34. The molecule has 122 valence electrons. The zero-order chi connectivity index (χ0) is 16.4. The topological polar surface area (TPSA) is 63.9 Å². The summed E-state index contributed by atoms with van der Waals surface area (Å²) in [4.78, 5) is 27.6. The molecule has 1 aliphatic rings. The molecule has 0 unspecified atom stereocenters. The Bertz CT molecular complexity index is 815. The summed E-state index contributed by atoms with van der Waals surface area (Å²) in [7, 11) is 0. The first kappa shape index (κ1) is 15.0. The Balaban J connectivity index is 1.50. The number of amides is 1. The molecular formula is C17H17N5OS. The lowest BCUT2D eigenvalue weighted by molar-refractivity contribution is 0.0674. The van der Waals surface area contributed by atoms with Crippen LogP contribution in [0, 0.1) is 0 Å². The van der Waals surface area contributed by atoms with Gasteiger partial charge in [-0.3, -0.25) is 9.78 Å². The SMILES string of the molecule is O=C(c1csc(-c2ccccn2)n1)N1CCC[C@@H](n2ccnc2)C1. The third kappa shape index (κ3) is 2.94. The van der Waals surface area contributed by atoms with Crippen molar-refractivity contribution < 1.29 is 4.79 Å². The first-order valence-electron chi connectivity index (χ1n) is 7.95. The second kappa shape index (κ2) is 6.52. The number of imidazole rings is 1. The monoisotopic (exact) mass is 339 g/mol. The van der Waals surface area contributed by atoms with Crippen LogP contribution < -0.4 is 0 Å². The van der Waals surface area contributed by atoms with Crippen LogP contribution in [-0.2, 0) is 0 Å². The van der Waals surface area contributed by atoms with Crippen LogP contribution in [0.4, 0.5) is 0 Å². The zero-order valence-corrected chi connectivity index (χ0v) is 13.9. The van der Waals surface area contributed by atoms with Crippen molar-refractivity contribution in [2.75, 3.05) is 13.1 Å². The Labute approximate surface area is 143 Å². The van der Waals surface area contributed by atoms with Crippen LogP contribution in [0.1, 0.15) is 29.4 Å². The minimum atomic E-state index is -0.00162. The number of carbonyl (C=O) groups is 1. The van der Waals surface area contributed by atoms with Gasteiger partial charge in [0.15, 0.2) is 0 Å². The Morgan fingerprint density at radius 2 is 2.25 bits per heavy atom. The van der Waals surface area contributed by atoms with Gasteiger partial charge in [0.05, 0.1) is 18.1 Å². The van der Waals surface area contributed by atoms with Gasteiger partial charge in [0.2, 0.25) is 0 Å². The molecule has 4 rings (SSSR count). The molecule has 24 heavy (non-hydrogen) atoms. The van der Waals surface area contributed by atoms with Crippen LogP contribution in [0.15, 0.2) is 48.5 Å². The van der Waals surface area contributed by atoms with Gasteiger partial charge in [-0.15, -0.1) is 11.3 Å². The fourth-order valence-electron chi connectivity index (χ4n) is 3.01. The summed E-state index contributed by atoms with van der Waals surface area (Å²) in [6, 6.07) is 5.99. The standard InChI is InChI=1S/C17H17N5OS/c23-17(15-11-24-16(20-15)14-5-1-2-6-19-14)21-8-3-4-13(10-21)22-9-7-18-12-22/h1-2,5-7,9,11-13H,3-4,8,10H2/t13-/m1/s1. The molecule has 1 aliphatic heterocycles. The summed E-state index contributed by atoms with van der Waals surface area (Å²) in [5, 5.41) is 2.61. The van der Waals surface area contributed by atoms with Gasteiger partial charge in [0.1, 0.15) is 10.7 Å². The van der Waals surface area contributed by atoms with Crippen LogP contribution in [-0.4, -0.2) is 43.4 Å². The zero-order valence-electron chi connectivity index (χ0n) is 13.1. The molecule has 0 spiro atoms. The minimum absolute atomic E-state index is 0.00162. The Morgan fingerprint density at radius 1 is 1.29 bits per heavy atom. The average molecular weight is 339 g/mol. The predicted octanol–water partition coefficient (Wildman–Crippen LogP) is 2.88. The number of thiazole rings is 1. The van der Waals surface area contributed by atoms with Crippen molar-refractivity contribution in [3.8, 4) is 10.7 Å². The summed E-state index contributed by atoms with van der Waals surface area (Å²) in [5.41, 5.74) is 1.31. The van der Waals surface area contributed by atoms with Crippen LogP contribution in [0.25, 0.3) is 10.7 Å². The number of carbonyl (C=O) groups excluding carboxylic acids is 1. The molecule has 4 heterocycles. The van der Waals surface area contributed by atoms with E-state index < -0.39 is 0 Å². The maximum atomic E-state index is 12.8. The van der Waals surface area contributed by atoms with Gasteiger partial charge in [-0.2, -0.15) is 0 Å². The van der Waals surface area contributed by atoms with Crippen LogP contribution in [0.5, 0.6) is 0 Å². The number of rotatable bonds is 3. The molecule has 0 saturated carbocycles. The van der Waals surface area contributed by atoms with Crippen LogP contribution >= 0.6 is 11.3 Å². The van der Waals surface area contributed by atoms with E-state index in [0.717, 1.165) is 30.1 Å². The maximum absolute atomic E-state index is 12.8. The lowest BCUT2D eigenvalue weighted by Crippen LogP contribution is -2.40. The second-order valence-corrected chi connectivity index (χ2v) is 6.67. The highest BCUT2D eigenvalue weighted by Gasteiger charge is 2.26. The van der Waals surface area contributed by atoms with Gasteiger partial charge in [-0.05, 0) is 25.0 Å². The maximum Gasteiger partial charge on any atom is 0.273 e. The second-order valence-electron chi connectivity index (χ2n) is 5.81. The van der Waals surface area contributed by atoms with Crippen molar-refractivity contribution in [1.29, 1.82) is 0 Å². The molecule has 1 saturated heterocycles. The molecule has 1 amide bonds.